The Morgan fingerprint density at radius 1 is 1.24 bits per heavy atom. The van der Waals surface area contributed by atoms with Crippen LogP contribution in [0, 0.1) is 11.6 Å². The van der Waals surface area contributed by atoms with Gasteiger partial charge in [0.05, 0.1) is 0 Å². The predicted molar refractivity (Wildman–Crippen MR) is 64.6 cm³/mol. The number of benzene rings is 1. The summed E-state index contributed by atoms with van der Waals surface area (Å²) in [6.07, 6.45) is 7.04. The first kappa shape index (κ1) is 12.2. The van der Waals surface area contributed by atoms with Crippen LogP contribution in [0.25, 0.3) is 0 Å². The van der Waals surface area contributed by atoms with E-state index in [0.29, 0.717) is 12.0 Å². The van der Waals surface area contributed by atoms with E-state index in [1.165, 1.54) is 24.1 Å². The van der Waals surface area contributed by atoms with Crippen LogP contribution in [0.1, 0.15) is 31.2 Å². The van der Waals surface area contributed by atoms with E-state index in [9.17, 15) is 8.78 Å². The van der Waals surface area contributed by atoms with Crippen LogP contribution in [-0.4, -0.2) is 6.04 Å². The molecule has 0 amide bonds. The summed E-state index contributed by atoms with van der Waals surface area (Å²) in [5, 5.41) is 0. The Morgan fingerprint density at radius 2 is 2.06 bits per heavy atom. The van der Waals surface area contributed by atoms with Gasteiger partial charge in [-0.3, -0.25) is 0 Å². The Labute approximate surface area is 100 Å². The van der Waals surface area contributed by atoms with E-state index in [0.717, 1.165) is 25.3 Å². The highest BCUT2D eigenvalue weighted by molar-refractivity contribution is 5.23. The second kappa shape index (κ2) is 5.41. The highest BCUT2D eigenvalue weighted by Crippen LogP contribution is 2.22. The molecule has 92 valence electrons. The van der Waals surface area contributed by atoms with E-state index in [1.54, 1.807) is 0 Å². The van der Waals surface area contributed by atoms with Crippen LogP contribution < -0.4 is 5.73 Å². The molecular formula is C14H17F2N. The van der Waals surface area contributed by atoms with Crippen LogP contribution in [-0.2, 0) is 6.42 Å². The fourth-order valence-electron chi connectivity index (χ4n) is 2.25. The molecule has 0 saturated carbocycles. The standard InChI is InChI=1S/C14H17F2N/c15-12-7-6-11(13(16)9-12)8-14(17)10-4-2-1-3-5-10/h4,6-7,9,14H,1-3,5,8,17H2. The van der Waals surface area contributed by atoms with Gasteiger partial charge in [-0.1, -0.05) is 17.7 Å². The van der Waals surface area contributed by atoms with Gasteiger partial charge in [-0.15, -0.1) is 0 Å². The number of hydrogen-bond acceptors (Lipinski definition) is 1. The van der Waals surface area contributed by atoms with Gasteiger partial charge in [0.15, 0.2) is 0 Å². The van der Waals surface area contributed by atoms with Gasteiger partial charge in [0.25, 0.3) is 0 Å². The zero-order valence-corrected chi connectivity index (χ0v) is 9.76. The average molecular weight is 237 g/mol. The van der Waals surface area contributed by atoms with Gasteiger partial charge in [0.2, 0.25) is 0 Å². The van der Waals surface area contributed by atoms with Crippen molar-refractivity contribution < 1.29 is 8.78 Å². The summed E-state index contributed by atoms with van der Waals surface area (Å²) < 4.78 is 26.2. The monoisotopic (exact) mass is 237 g/mol. The summed E-state index contributed by atoms with van der Waals surface area (Å²) in [6.45, 7) is 0. The molecule has 2 rings (SSSR count). The molecule has 0 aliphatic heterocycles. The molecule has 1 unspecified atom stereocenters. The third kappa shape index (κ3) is 3.13. The Morgan fingerprint density at radius 3 is 2.71 bits per heavy atom. The third-order valence-corrected chi connectivity index (χ3v) is 3.26. The Balaban J connectivity index is 2.07. The molecule has 0 aromatic heterocycles. The number of allylic oxidation sites excluding steroid dienone is 1. The molecule has 1 atom stereocenters. The van der Waals surface area contributed by atoms with Crippen molar-refractivity contribution >= 4 is 0 Å². The van der Waals surface area contributed by atoms with Crippen LogP contribution in [0.15, 0.2) is 29.8 Å². The normalized spacial score (nSPS) is 17.7. The van der Waals surface area contributed by atoms with Crippen LogP contribution in [0.4, 0.5) is 8.78 Å². The molecule has 1 nitrogen and oxygen atoms in total. The molecule has 0 saturated heterocycles. The number of rotatable bonds is 3. The van der Waals surface area contributed by atoms with E-state index < -0.39 is 11.6 Å². The zero-order valence-electron chi connectivity index (χ0n) is 9.76. The zero-order chi connectivity index (χ0) is 12.3. The van der Waals surface area contributed by atoms with E-state index in [2.05, 4.69) is 6.08 Å². The minimum absolute atomic E-state index is 0.143. The van der Waals surface area contributed by atoms with Gasteiger partial charge >= 0.3 is 0 Å². The maximum Gasteiger partial charge on any atom is 0.129 e. The van der Waals surface area contributed by atoms with Gasteiger partial charge in [-0.2, -0.15) is 0 Å². The predicted octanol–water partition coefficient (Wildman–Crippen LogP) is 3.34. The maximum atomic E-state index is 13.5. The van der Waals surface area contributed by atoms with Crippen molar-refractivity contribution in [1.29, 1.82) is 0 Å². The van der Waals surface area contributed by atoms with Gasteiger partial charge < -0.3 is 5.73 Å². The molecule has 17 heavy (non-hydrogen) atoms. The minimum Gasteiger partial charge on any atom is -0.324 e. The number of hydrogen-bond donors (Lipinski definition) is 1. The Hall–Kier alpha value is -1.22. The summed E-state index contributed by atoms with van der Waals surface area (Å²) >= 11 is 0. The SMILES string of the molecule is NC(Cc1ccc(F)cc1F)C1=CCCCC1. The summed E-state index contributed by atoms with van der Waals surface area (Å²) in [7, 11) is 0. The Bertz CT molecular complexity index is 426. The van der Waals surface area contributed by atoms with E-state index in [4.69, 9.17) is 5.73 Å². The molecule has 0 fully saturated rings. The van der Waals surface area contributed by atoms with E-state index in [1.807, 2.05) is 0 Å². The average Bonchev–Trinajstić information content (AvgIpc) is 2.34. The second-order valence-electron chi connectivity index (χ2n) is 4.57. The van der Waals surface area contributed by atoms with Crippen LogP contribution in [0.5, 0.6) is 0 Å². The Kier molecular flexibility index (Phi) is 3.89. The quantitative estimate of drug-likeness (QED) is 0.802. The minimum atomic E-state index is -0.545. The van der Waals surface area contributed by atoms with Crippen LogP contribution in [0.2, 0.25) is 0 Å². The molecule has 3 heteroatoms. The fraction of sp³-hybridized carbons (Fsp3) is 0.429. The van der Waals surface area contributed by atoms with Crippen molar-refractivity contribution in [3.63, 3.8) is 0 Å². The molecular weight excluding hydrogens is 220 g/mol. The van der Waals surface area contributed by atoms with Crippen LogP contribution in [0.3, 0.4) is 0 Å². The number of halogens is 2. The van der Waals surface area contributed by atoms with Crippen molar-refractivity contribution in [2.75, 3.05) is 0 Å². The van der Waals surface area contributed by atoms with Crippen molar-refractivity contribution in [2.24, 2.45) is 5.73 Å². The lowest BCUT2D eigenvalue weighted by molar-refractivity contribution is 0.561. The lowest BCUT2D eigenvalue weighted by atomic mass is 9.91. The second-order valence-corrected chi connectivity index (χ2v) is 4.57. The maximum absolute atomic E-state index is 13.5. The largest absolute Gasteiger partial charge is 0.324 e. The first-order valence-corrected chi connectivity index (χ1v) is 6.05. The van der Waals surface area contributed by atoms with Crippen molar-refractivity contribution in [2.45, 2.75) is 38.1 Å². The van der Waals surface area contributed by atoms with E-state index in [-0.39, 0.29) is 6.04 Å². The summed E-state index contributed by atoms with van der Waals surface area (Å²) in [6, 6.07) is 3.53. The lowest BCUT2D eigenvalue weighted by Gasteiger charge is -2.19. The molecule has 1 aliphatic carbocycles. The van der Waals surface area contributed by atoms with E-state index >= 15 is 0 Å². The molecule has 1 aromatic carbocycles. The fourth-order valence-corrected chi connectivity index (χ4v) is 2.25. The van der Waals surface area contributed by atoms with Gasteiger partial charge in [0.1, 0.15) is 11.6 Å². The highest BCUT2D eigenvalue weighted by Gasteiger charge is 2.14. The highest BCUT2D eigenvalue weighted by atomic mass is 19.1. The van der Waals surface area contributed by atoms with Crippen molar-refractivity contribution in [3.05, 3.63) is 47.0 Å². The van der Waals surface area contributed by atoms with Gasteiger partial charge in [-0.05, 0) is 43.7 Å². The topological polar surface area (TPSA) is 26.0 Å². The summed E-state index contributed by atoms with van der Waals surface area (Å²) in [4.78, 5) is 0. The molecule has 0 radical (unpaired) electrons. The van der Waals surface area contributed by atoms with Crippen LogP contribution >= 0.6 is 0 Å². The summed E-state index contributed by atoms with van der Waals surface area (Å²) in [5.41, 5.74) is 7.76. The smallest absolute Gasteiger partial charge is 0.129 e. The molecule has 0 heterocycles. The lowest BCUT2D eigenvalue weighted by Crippen LogP contribution is -2.26. The first-order valence-electron chi connectivity index (χ1n) is 6.05. The first-order chi connectivity index (χ1) is 8.16. The number of nitrogens with two attached hydrogens (primary N) is 1. The molecule has 0 bridgehead atoms. The third-order valence-electron chi connectivity index (χ3n) is 3.26. The van der Waals surface area contributed by atoms with Gasteiger partial charge in [-0.25, -0.2) is 8.78 Å². The van der Waals surface area contributed by atoms with Crippen molar-refractivity contribution in [3.8, 4) is 0 Å². The van der Waals surface area contributed by atoms with Gasteiger partial charge in [0, 0.05) is 12.1 Å². The molecule has 0 spiro atoms. The van der Waals surface area contributed by atoms with Crippen molar-refractivity contribution in [1.82, 2.24) is 0 Å². The molecule has 1 aromatic rings. The molecule has 2 N–H and O–H groups in total. The molecule has 1 aliphatic rings. The summed E-state index contributed by atoms with van der Waals surface area (Å²) in [5.74, 6) is -1.05.